The molecule has 6 nitrogen and oxygen atoms in total. The zero-order valence-corrected chi connectivity index (χ0v) is 19.3. The summed E-state index contributed by atoms with van der Waals surface area (Å²) in [5.41, 5.74) is 6.82. The summed E-state index contributed by atoms with van der Waals surface area (Å²) in [5.74, 6) is -0.723. The zero-order valence-electron chi connectivity index (χ0n) is 17.7. The van der Waals surface area contributed by atoms with Crippen molar-refractivity contribution in [3.8, 4) is 5.75 Å². The number of nitrogens with zero attached hydrogens (tertiary/aromatic N) is 1. The van der Waals surface area contributed by atoms with Crippen LogP contribution in [0.15, 0.2) is 53.2 Å². The summed E-state index contributed by atoms with van der Waals surface area (Å²) >= 11 is 1.25. The lowest BCUT2D eigenvalue weighted by Crippen LogP contribution is -2.31. The number of aromatic nitrogens is 1. The van der Waals surface area contributed by atoms with Crippen molar-refractivity contribution in [2.45, 2.75) is 44.2 Å². The van der Waals surface area contributed by atoms with Crippen LogP contribution < -0.4 is 10.5 Å². The molecule has 32 heavy (non-hydrogen) atoms. The van der Waals surface area contributed by atoms with Crippen LogP contribution in [0.1, 0.15) is 30.3 Å². The fourth-order valence-corrected chi connectivity index (χ4v) is 4.84. The van der Waals surface area contributed by atoms with Crippen LogP contribution in [0.2, 0.25) is 0 Å². The van der Waals surface area contributed by atoms with Crippen molar-refractivity contribution in [3.05, 3.63) is 64.7 Å². The number of fused-ring (bicyclic) bond motifs is 1. The molecule has 0 aliphatic rings. The molecule has 0 saturated carbocycles. The lowest BCUT2D eigenvalue weighted by Gasteiger charge is -2.16. The standard InChI is InChI=1S/C22H24F2N2O4S2/c1-3-4-5-19-26-17-10-11-18(20(24)21(17)31-19)29-13-15(12-23)22(25)30-32(27,28)16-8-6-14(2)7-9-16/h6-12,22H,3-5,13,25H2,1-2H3/b15-12-. The van der Waals surface area contributed by atoms with Gasteiger partial charge in [0.25, 0.3) is 10.1 Å². The van der Waals surface area contributed by atoms with Crippen LogP contribution in [0, 0.1) is 12.7 Å². The molecular weight excluding hydrogens is 458 g/mol. The van der Waals surface area contributed by atoms with Gasteiger partial charge >= 0.3 is 0 Å². The molecule has 0 amide bonds. The van der Waals surface area contributed by atoms with E-state index in [4.69, 9.17) is 14.7 Å². The molecule has 3 aromatic rings. The van der Waals surface area contributed by atoms with Crippen molar-refractivity contribution >= 4 is 31.7 Å². The third kappa shape index (κ3) is 5.69. The second-order valence-electron chi connectivity index (χ2n) is 7.19. The normalized spacial score (nSPS) is 13.5. The number of aryl methyl sites for hydroxylation is 2. The summed E-state index contributed by atoms with van der Waals surface area (Å²) in [4.78, 5) is 4.30. The van der Waals surface area contributed by atoms with Gasteiger partial charge in [-0.15, -0.1) is 11.3 Å². The summed E-state index contributed by atoms with van der Waals surface area (Å²) in [6.07, 6.45) is 1.19. The van der Waals surface area contributed by atoms with Gasteiger partial charge in [-0.25, -0.2) is 17.9 Å². The van der Waals surface area contributed by atoms with Crippen LogP contribution in [0.4, 0.5) is 8.78 Å². The molecular formula is C22H24F2N2O4S2. The molecule has 0 bridgehead atoms. The Kier molecular flexibility index (Phi) is 7.94. The fourth-order valence-electron chi connectivity index (χ4n) is 2.83. The van der Waals surface area contributed by atoms with Gasteiger partial charge in [-0.05, 0) is 44.0 Å². The monoisotopic (exact) mass is 482 g/mol. The SMILES string of the molecule is CCCCc1nc2ccc(OC/C(=C/F)C(N)OS(=O)(=O)c3ccc(C)cc3)c(F)c2s1. The van der Waals surface area contributed by atoms with E-state index in [0.29, 0.717) is 10.2 Å². The maximum Gasteiger partial charge on any atom is 0.298 e. The highest BCUT2D eigenvalue weighted by Gasteiger charge is 2.23. The lowest BCUT2D eigenvalue weighted by molar-refractivity contribution is 0.222. The average Bonchev–Trinajstić information content (AvgIpc) is 3.18. The van der Waals surface area contributed by atoms with E-state index in [0.717, 1.165) is 29.8 Å². The van der Waals surface area contributed by atoms with Crippen LogP contribution in [0.3, 0.4) is 0 Å². The van der Waals surface area contributed by atoms with Crippen LogP contribution in [0.25, 0.3) is 10.2 Å². The predicted molar refractivity (Wildman–Crippen MR) is 120 cm³/mol. The van der Waals surface area contributed by atoms with E-state index in [2.05, 4.69) is 11.9 Å². The molecule has 1 aromatic heterocycles. The minimum Gasteiger partial charge on any atom is -0.486 e. The van der Waals surface area contributed by atoms with Crippen molar-refractivity contribution in [3.63, 3.8) is 0 Å². The molecule has 0 radical (unpaired) electrons. The van der Waals surface area contributed by atoms with Gasteiger partial charge in [0.1, 0.15) is 6.61 Å². The van der Waals surface area contributed by atoms with Crippen molar-refractivity contribution in [1.29, 1.82) is 0 Å². The first-order valence-electron chi connectivity index (χ1n) is 10.0. The van der Waals surface area contributed by atoms with Crippen molar-refractivity contribution in [2.75, 3.05) is 6.61 Å². The minimum absolute atomic E-state index is 0.0985. The molecule has 3 rings (SSSR count). The lowest BCUT2D eigenvalue weighted by atomic mass is 10.2. The Labute approximate surface area is 189 Å². The topological polar surface area (TPSA) is 91.5 Å². The number of rotatable bonds is 10. The first kappa shape index (κ1) is 24.2. The van der Waals surface area contributed by atoms with Crippen LogP contribution in [0.5, 0.6) is 5.75 Å². The van der Waals surface area contributed by atoms with Crippen molar-refractivity contribution in [1.82, 2.24) is 4.98 Å². The van der Waals surface area contributed by atoms with Gasteiger partial charge in [0.15, 0.2) is 17.8 Å². The molecule has 0 aliphatic carbocycles. The Balaban J connectivity index is 1.70. The quantitative estimate of drug-likeness (QED) is 0.323. The molecule has 0 saturated heterocycles. The molecule has 0 fully saturated rings. The third-order valence-corrected chi connectivity index (χ3v) is 7.12. The minimum atomic E-state index is -4.23. The molecule has 2 aromatic carbocycles. The summed E-state index contributed by atoms with van der Waals surface area (Å²) in [6, 6.07) is 8.94. The van der Waals surface area contributed by atoms with Gasteiger partial charge in [0, 0.05) is 5.57 Å². The van der Waals surface area contributed by atoms with E-state index < -0.39 is 28.8 Å². The second kappa shape index (κ2) is 10.5. The number of unbranched alkanes of at least 4 members (excludes halogenated alkanes) is 1. The predicted octanol–water partition coefficient (Wildman–Crippen LogP) is 5.01. The Morgan fingerprint density at radius 2 is 1.97 bits per heavy atom. The maximum atomic E-state index is 14.9. The smallest absolute Gasteiger partial charge is 0.298 e. The second-order valence-corrected chi connectivity index (χ2v) is 9.85. The molecule has 0 spiro atoms. The molecule has 1 heterocycles. The van der Waals surface area contributed by atoms with E-state index in [9.17, 15) is 17.2 Å². The number of hydrogen-bond donors (Lipinski definition) is 1. The van der Waals surface area contributed by atoms with Crippen molar-refractivity contribution in [2.24, 2.45) is 5.73 Å². The van der Waals surface area contributed by atoms with Gasteiger partial charge in [-0.1, -0.05) is 31.0 Å². The summed E-state index contributed by atoms with van der Waals surface area (Å²) in [7, 11) is -4.23. The van der Waals surface area contributed by atoms with Gasteiger partial charge in [0.2, 0.25) is 0 Å². The number of hydrogen-bond acceptors (Lipinski definition) is 7. The van der Waals surface area contributed by atoms with Crippen LogP contribution in [-0.2, 0) is 20.7 Å². The first-order chi connectivity index (χ1) is 15.2. The number of nitrogens with two attached hydrogens (primary N) is 1. The highest BCUT2D eigenvalue weighted by atomic mass is 32.2. The molecule has 10 heteroatoms. The van der Waals surface area contributed by atoms with E-state index in [1.165, 1.54) is 29.5 Å². The highest BCUT2D eigenvalue weighted by Crippen LogP contribution is 2.32. The summed E-state index contributed by atoms with van der Waals surface area (Å²) in [5, 5.41) is 0.832. The van der Waals surface area contributed by atoms with Gasteiger partial charge < -0.3 is 10.5 Å². The number of benzene rings is 2. The van der Waals surface area contributed by atoms with Gasteiger partial charge in [-0.2, -0.15) is 8.42 Å². The Hall–Kier alpha value is -2.40. The Morgan fingerprint density at radius 3 is 2.62 bits per heavy atom. The number of thiazole rings is 1. The summed E-state index contributed by atoms with van der Waals surface area (Å²) in [6.45, 7) is 3.38. The van der Waals surface area contributed by atoms with Gasteiger partial charge in [0.05, 0.1) is 26.4 Å². The van der Waals surface area contributed by atoms with E-state index in [1.807, 2.05) is 0 Å². The largest absolute Gasteiger partial charge is 0.486 e. The molecule has 2 N–H and O–H groups in total. The average molecular weight is 483 g/mol. The molecule has 1 atom stereocenters. The third-order valence-electron chi connectivity index (χ3n) is 4.69. The maximum absolute atomic E-state index is 14.9. The first-order valence-corrected chi connectivity index (χ1v) is 12.2. The van der Waals surface area contributed by atoms with E-state index in [1.54, 1.807) is 25.1 Å². The Bertz CT molecular complexity index is 1210. The number of halogens is 2. The van der Waals surface area contributed by atoms with Gasteiger partial charge in [-0.3, -0.25) is 0 Å². The molecule has 172 valence electrons. The van der Waals surface area contributed by atoms with Crippen LogP contribution >= 0.6 is 11.3 Å². The van der Waals surface area contributed by atoms with Crippen LogP contribution in [-0.4, -0.2) is 26.2 Å². The molecule has 0 aliphatic heterocycles. The van der Waals surface area contributed by atoms with E-state index >= 15 is 0 Å². The number of ether oxygens (including phenoxy) is 1. The highest BCUT2D eigenvalue weighted by molar-refractivity contribution is 7.86. The zero-order chi connectivity index (χ0) is 23.3. The fraction of sp³-hybridized carbons (Fsp3) is 0.318. The summed E-state index contributed by atoms with van der Waals surface area (Å²) < 4.78 is 63.7. The molecule has 1 unspecified atom stereocenters. The van der Waals surface area contributed by atoms with E-state index in [-0.39, 0.29) is 22.5 Å². The Morgan fingerprint density at radius 1 is 1.25 bits per heavy atom. The van der Waals surface area contributed by atoms with Crippen molar-refractivity contribution < 1.29 is 26.1 Å².